The summed E-state index contributed by atoms with van der Waals surface area (Å²) in [4.78, 5) is 30.8. The van der Waals surface area contributed by atoms with Gasteiger partial charge in [0.1, 0.15) is 6.54 Å². The second-order valence-corrected chi connectivity index (χ2v) is 7.10. The van der Waals surface area contributed by atoms with Crippen LogP contribution >= 0.6 is 0 Å². The number of carbonyl (C=O) groups excluding carboxylic acids is 2. The molecule has 1 heterocycles. The fourth-order valence-electron chi connectivity index (χ4n) is 3.46. The number of rotatable bonds is 4. The van der Waals surface area contributed by atoms with Crippen LogP contribution in [0.3, 0.4) is 0 Å². The summed E-state index contributed by atoms with van der Waals surface area (Å²) < 4.78 is 0. The van der Waals surface area contributed by atoms with Crippen LogP contribution in [0.1, 0.15) is 18.1 Å². The first-order valence-corrected chi connectivity index (χ1v) is 9.39. The van der Waals surface area contributed by atoms with Gasteiger partial charge in [-0.1, -0.05) is 30.3 Å². The summed E-state index contributed by atoms with van der Waals surface area (Å²) in [6.07, 6.45) is 0. The van der Waals surface area contributed by atoms with Gasteiger partial charge in [-0.2, -0.15) is 0 Å². The van der Waals surface area contributed by atoms with Crippen LogP contribution in [0.25, 0.3) is 0 Å². The highest BCUT2D eigenvalue weighted by Gasteiger charge is 2.25. The van der Waals surface area contributed by atoms with Crippen molar-refractivity contribution in [1.82, 2.24) is 4.90 Å². The lowest BCUT2D eigenvalue weighted by atomic mass is 10.1. The minimum absolute atomic E-state index is 0.00109. The van der Waals surface area contributed by atoms with E-state index in [0.29, 0.717) is 13.1 Å². The molecule has 2 amide bonds. The van der Waals surface area contributed by atoms with E-state index in [2.05, 4.69) is 17.0 Å². The highest BCUT2D eigenvalue weighted by Crippen LogP contribution is 2.22. The SMILES string of the molecule is CC(=O)N(CC(=O)N1CCN(c2ccccc2)CC1)c1cc(C)ccc1C. The van der Waals surface area contributed by atoms with Gasteiger partial charge >= 0.3 is 0 Å². The van der Waals surface area contributed by atoms with Crippen molar-refractivity contribution in [2.45, 2.75) is 20.8 Å². The van der Waals surface area contributed by atoms with Crippen LogP contribution in [0.4, 0.5) is 11.4 Å². The molecular formula is C22H27N3O2. The molecule has 0 spiro atoms. The fraction of sp³-hybridized carbons (Fsp3) is 0.364. The first kappa shape index (κ1) is 19.0. The standard InChI is InChI=1S/C22H27N3O2/c1-17-9-10-18(2)21(15-17)25(19(3)26)16-22(27)24-13-11-23(12-14-24)20-7-5-4-6-8-20/h4-10,15H,11-14,16H2,1-3H3. The third-order valence-electron chi connectivity index (χ3n) is 5.08. The Kier molecular flexibility index (Phi) is 5.79. The zero-order valence-corrected chi connectivity index (χ0v) is 16.3. The number of hydrogen-bond acceptors (Lipinski definition) is 3. The van der Waals surface area contributed by atoms with Crippen LogP contribution in [0.2, 0.25) is 0 Å². The van der Waals surface area contributed by atoms with Crippen molar-refractivity contribution in [2.75, 3.05) is 42.5 Å². The van der Waals surface area contributed by atoms with Crippen molar-refractivity contribution in [3.05, 3.63) is 59.7 Å². The van der Waals surface area contributed by atoms with Gasteiger partial charge in [-0.25, -0.2) is 0 Å². The quantitative estimate of drug-likeness (QED) is 0.837. The summed E-state index contributed by atoms with van der Waals surface area (Å²) in [5.41, 5.74) is 4.08. The molecule has 0 unspecified atom stereocenters. The van der Waals surface area contributed by atoms with Crippen LogP contribution in [0.5, 0.6) is 0 Å². The van der Waals surface area contributed by atoms with Crippen LogP contribution < -0.4 is 9.80 Å². The molecule has 0 N–H and O–H groups in total. The maximum Gasteiger partial charge on any atom is 0.242 e. The van der Waals surface area contributed by atoms with Crippen LogP contribution in [0, 0.1) is 13.8 Å². The molecule has 3 rings (SSSR count). The lowest BCUT2D eigenvalue weighted by Crippen LogP contribution is -2.52. The van der Waals surface area contributed by atoms with Crippen LogP contribution in [0.15, 0.2) is 48.5 Å². The number of para-hydroxylation sites is 1. The maximum atomic E-state index is 12.8. The molecule has 1 aliphatic rings. The molecule has 0 atom stereocenters. The minimum Gasteiger partial charge on any atom is -0.368 e. The predicted octanol–water partition coefficient (Wildman–Crippen LogP) is 3.01. The van der Waals surface area contributed by atoms with Crippen molar-refractivity contribution in [3.63, 3.8) is 0 Å². The molecule has 2 aromatic rings. The van der Waals surface area contributed by atoms with Crippen molar-refractivity contribution in [2.24, 2.45) is 0 Å². The van der Waals surface area contributed by atoms with Gasteiger partial charge in [0.05, 0.1) is 0 Å². The number of hydrogen-bond donors (Lipinski definition) is 0. The first-order valence-electron chi connectivity index (χ1n) is 9.39. The molecule has 1 fully saturated rings. The Morgan fingerprint density at radius 1 is 0.963 bits per heavy atom. The normalized spacial score (nSPS) is 14.2. The third-order valence-corrected chi connectivity index (χ3v) is 5.08. The minimum atomic E-state index is -0.111. The van der Waals surface area contributed by atoms with Crippen molar-refractivity contribution in [1.29, 1.82) is 0 Å². The maximum absolute atomic E-state index is 12.8. The van der Waals surface area contributed by atoms with E-state index in [4.69, 9.17) is 0 Å². The second-order valence-electron chi connectivity index (χ2n) is 7.10. The average molecular weight is 365 g/mol. The lowest BCUT2D eigenvalue weighted by Gasteiger charge is -2.37. The van der Waals surface area contributed by atoms with E-state index in [9.17, 15) is 9.59 Å². The largest absolute Gasteiger partial charge is 0.368 e. The van der Waals surface area contributed by atoms with Gasteiger partial charge in [0.25, 0.3) is 0 Å². The molecule has 2 aromatic carbocycles. The molecule has 142 valence electrons. The number of piperazine rings is 1. The van der Waals surface area contributed by atoms with E-state index in [1.807, 2.05) is 55.1 Å². The Hall–Kier alpha value is -2.82. The third kappa shape index (κ3) is 4.48. The number of anilines is 2. The summed E-state index contributed by atoms with van der Waals surface area (Å²) in [5.74, 6) is -0.112. The average Bonchev–Trinajstić information content (AvgIpc) is 2.68. The molecule has 5 heteroatoms. The first-order chi connectivity index (χ1) is 13.0. The van der Waals surface area contributed by atoms with Gasteiger partial charge in [0, 0.05) is 44.5 Å². The van der Waals surface area contributed by atoms with E-state index in [-0.39, 0.29) is 18.4 Å². The van der Waals surface area contributed by atoms with E-state index in [1.165, 1.54) is 12.6 Å². The topological polar surface area (TPSA) is 43.9 Å². The molecule has 27 heavy (non-hydrogen) atoms. The highest BCUT2D eigenvalue weighted by molar-refractivity contribution is 5.98. The van der Waals surface area contributed by atoms with Crippen molar-refractivity contribution in [3.8, 4) is 0 Å². The fourth-order valence-corrected chi connectivity index (χ4v) is 3.46. The van der Waals surface area contributed by atoms with Crippen LogP contribution in [-0.4, -0.2) is 49.4 Å². The van der Waals surface area contributed by atoms with E-state index in [0.717, 1.165) is 29.9 Å². The second kappa shape index (κ2) is 8.25. The summed E-state index contributed by atoms with van der Waals surface area (Å²) >= 11 is 0. The van der Waals surface area contributed by atoms with Gasteiger partial charge in [0.15, 0.2) is 0 Å². The van der Waals surface area contributed by atoms with Gasteiger partial charge in [-0.05, 0) is 43.2 Å². The highest BCUT2D eigenvalue weighted by atomic mass is 16.2. The summed E-state index contributed by atoms with van der Waals surface area (Å²) in [6.45, 7) is 8.52. The van der Waals surface area contributed by atoms with E-state index < -0.39 is 0 Å². The number of carbonyl (C=O) groups is 2. The van der Waals surface area contributed by atoms with Crippen molar-refractivity contribution < 1.29 is 9.59 Å². The molecule has 1 saturated heterocycles. The number of benzene rings is 2. The smallest absolute Gasteiger partial charge is 0.242 e. The Labute approximate surface area is 161 Å². The van der Waals surface area contributed by atoms with Gasteiger partial charge in [0.2, 0.25) is 11.8 Å². The number of nitrogens with zero attached hydrogens (tertiary/aromatic N) is 3. The van der Waals surface area contributed by atoms with E-state index in [1.54, 1.807) is 4.90 Å². The summed E-state index contributed by atoms with van der Waals surface area (Å²) in [6, 6.07) is 16.2. The van der Waals surface area contributed by atoms with Crippen molar-refractivity contribution >= 4 is 23.2 Å². The zero-order valence-electron chi connectivity index (χ0n) is 16.3. The summed E-state index contributed by atoms with van der Waals surface area (Å²) in [5, 5.41) is 0. The van der Waals surface area contributed by atoms with Gasteiger partial charge < -0.3 is 14.7 Å². The Morgan fingerprint density at radius 2 is 1.63 bits per heavy atom. The Morgan fingerprint density at radius 3 is 2.26 bits per heavy atom. The monoisotopic (exact) mass is 365 g/mol. The molecule has 1 aliphatic heterocycles. The molecular weight excluding hydrogens is 338 g/mol. The molecule has 0 aromatic heterocycles. The zero-order chi connectivity index (χ0) is 19.4. The number of aryl methyl sites for hydroxylation is 2. The Bertz CT molecular complexity index is 812. The molecule has 0 bridgehead atoms. The molecule has 0 aliphatic carbocycles. The predicted molar refractivity (Wildman–Crippen MR) is 109 cm³/mol. The van der Waals surface area contributed by atoms with Crippen LogP contribution in [-0.2, 0) is 9.59 Å². The van der Waals surface area contributed by atoms with Gasteiger partial charge in [-0.15, -0.1) is 0 Å². The molecule has 5 nitrogen and oxygen atoms in total. The molecule has 0 saturated carbocycles. The van der Waals surface area contributed by atoms with E-state index >= 15 is 0 Å². The van der Waals surface area contributed by atoms with Gasteiger partial charge in [-0.3, -0.25) is 9.59 Å². The Balaban J connectivity index is 1.65. The lowest BCUT2D eigenvalue weighted by molar-refractivity contribution is -0.131. The summed E-state index contributed by atoms with van der Waals surface area (Å²) in [7, 11) is 0. The molecule has 0 radical (unpaired) electrons. The number of amides is 2.